The fourth-order valence-electron chi connectivity index (χ4n) is 1.66. The quantitative estimate of drug-likeness (QED) is 0.688. The van der Waals surface area contributed by atoms with Crippen molar-refractivity contribution >= 4 is 21.8 Å². The van der Waals surface area contributed by atoms with Crippen LogP contribution in [0.4, 0.5) is 0 Å². The van der Waals surface area contributed by atoms with Crippen molar-refractivity contribution in [3.8, 4) is 0 Å². The maximum absolute atomic E-state index is 11.8. The van der Waals surface area contributed by atoms with E-state index in [0.29, 0.717) is 0 Å². The Morgan fingerprint density at radius 2 is 1.85 bits per heavy atom. The molecule has 0 aromatic rings. The fourth-order valence-corrected chi connectivity index (χ4v) is 1.95. The lowest BCUT2D eigenvalue weighted by molar-refractivity contribution is -0.130. The van der Waals surface area contributed by atoms with Gasteiger partial charge in [0.15, 0.2) is 0 Å². The van der Waals surface area contributed by atoms with E-state index in [-0.39, 0.29) is 10.7 Å². The van der Waals surface area contributed by atoms with Gasteiger partial charge in [0.05, 0.1) is 4.83 Å². The van der Waals surface area contributed by atoms with Crippen LogP contribution in [0, 0.1) is 0 Å². The van der Waals surface area contributed by atoms with Gasteiger partial charge in [-0.05, 0) is 19.3 Å². The minimum atomic E-state index is 0.0330. The van der Waals surface area contributed by atoms with Gasteiger partial charge in [-0.25, -0.2) is 0 Å². The predicted molar refractivity (Wildman–Crippen MR) is 58.1 cm³/mol. The van der Waals surface area contributed by atoms with Crippen LogP contribution in [0.2, 0.25) is 0 Å². The summed E-state index contributed by atoms with van der Waals surface area (Å²) in [5.41, 5.74) is 0. The Morgan fingerprint density at radius 1 is 1.31 bits per heavy atom. The standard InChI is InChI=1S/C10H18BrNO/c1-2-9(11)10(13)12-7-5-3-4-6-8-12/h9H,2-8H2,1H3/t9-/m1/s1. The number of amides is 1. The topological polar surface area (TPSA) is 20.3 Å². The van der Waals surface area contributed by atoms with E-state index >= 15 is 0 Å². The number of carbonyl (C=O) groups is 1. The van der Waals surface area contributed by atoms with Crippen LogP contribution in [-0.4, -0.2) is 28.7 Å². The van der Waals surface area contributed by atoms with E-state index in [1.54, 1.807) is 0 Å². The summed E-state index contributed by atoms with van der Waals surface area (Å²) in [5.74, 6) is 0.282. The largest absolute Gasteiger partial charge is 0.342 e. The highest BCUT2D eigenvalue weighted by molar-refractivity contribution is 9.10. The molecule has 1 amide bonds. The van der Waals surface area contributed by atoms with E-state index in [1.165, 1.54) is 25.7 Å². The zero-order chi connectivity index (χ0) is 9.68. The maximum atomic E-state index is 11.8. The summed E-state index contributed by atoms with van der Waals surface area (Å²) >= 11 is 3.41. The third-order valence-electron chi connectivity index (χ3n) is 2.54. The lowest BCUT2D eigenvalue weighted by atomic mass is 10.2. The number of rotatable bonds is 2. The number of hydrogen-bond acceptors (Lipinski definition) is 1. The van der Waals surface area contributed by atoms with Gasteiger partial charge in [0, 0.05) is 13.1 Å². The van der Waals surface area contributed by atoms with Crippen molar-refractivity contribution < 1.29 is 4.79 Å². The van der Waals surface area contributed by atoms with Gasteiger partial charge in [-0.15, -0.1) is 0 Å². The normalized spacial score (nSPS) is 20.9. The van der Waals surface area contributed by atoms with E-state index < -0.39 is 0 Å². The zero-order valence-electron chi connectivity index (χ0n) is 8.26. The van der Waals surface area contributed by atoms with E-state index in [9.17, 15) is 4.79 Å². The van der Waals surface area contributed by atoms with Crippen molar-refractivity contribution in [1.82, 2.24) is 4.90 Å². The Bertz CT molecular complexity index is 164. The molecular formula is C10H18BrNO. The summed E-state index contributed by atoms with van der Waals surface area (Å²) in [4.78, 5) is 13.8. The zero-order valence-corrected chi connectivity index (χ0v) is 9.85. The third-order valence-corrected chi connectivity index (χ3v) is 3.58. The highest BCUT2D eigenvalue weighted by Crippen LogP contribution is 2.14. The van der Waals surface area contributed by atoms with Crippen LogP contribution in [0.15, 0.2) is 0 Å². The van der Waals surface area contributed by atoms with Crippen LogP contribution in [0.3, 0.4) is 0 Å². The first-order valence-electron chi connectivity index (χ1n) is 5.18. The number of alkyl halides is 1. The monoisotopic (exact) mass is 247 g/mol. The van der Waals surface area contributed by atoms with Crippen molar-refractivity contribution in [2.75, 3.05) is 13.1 Å². The lowest BCUT2D eigenvalue weighted by Gasteiger charge is -2.22. The Kier molecular flexibility index (Phi) is 4.78. The molecule has 76 valence electrons. The van der Waals surface area contributed by atoms with Gasteiger partial charge >= 0.3 is 0 Å². The van der Waals surface area contributed by atoms with Crippen LogP contribution in [-0.2, 0) is 4.79 Å². The molecule has 1 fully saturated rings. The van der Waals surface area contributed by atoms with Crippen molar-refractivity contribution in [3.63, 3.8) is 0 Å². The molecule has 0 unspecified atom stereocenters. The SMILES string of the molecule is CC[C@@H](Br)C(=O)N1CCCCCC1. The molecule has 0 aliphatic carbocycles. The van der Waals surface area contributed by atoms with E-state index in [1.807, 2.05) is 11.8 Å². The van der Waals surface area contributed by atoms with Crippen molar-refractivity contribution in [1.29, 1.82) is 0 Å². The molecule has 0 saturated carbocycles. The van der Waals surface area contributed by atoms with Crippen LogP contribution in [0.25, 0.3) is 0 Å². The molecule has 1 saturated heterocycles. The molecule has 0 aromatic carbocycles. The first kappa shape index (κ1) is 11.0. The molecular weight excluding hydrogens is 230 g/mol. The predicted octanol–water partition coefficient (Wildman–Crippen LogP) is 2.56. The summed E-state index contributed by atoms with van der Waals surface area (Å²) in [6.07, 6.45) is 5.80. The summed E-state index contributed by atoms with van der Waals surface area (Å²) in [6.45, 7) is 3.96. The van der Waals surface area contributed by atoms with Crippen LogP contribution >= 0.6 is 15.9 Å². The summed E-state index contributed by atoms with van der Waals surface area (Å²) in [6, 6.07) is 0. The van der Waals surface area contributed by atoms with E-state index in [0.717, 1.165) is 19.5 Å². The molecule has 3 heteroatoms. The first-order valence-corrected chi connectivity index (χ1v) is 6.10. The minimum absolute atomic E-state index is 0.0330. The second-order valence-electron chi connectivity index (χ2n) is 3.62. The Morgan fingerprint density at radius 3 is 2.31 bits per heavy atom. The molecule has 1 aliphatic heterocycles. The molecule has 0 aromatic heterocycles. The van der Waals surface area contributed by atoms with Gasteiger partial charge in [0.2, 0.25) is 5.91 Å². The van der Waals surface area contributed by atoms with Gasteiger partial charge in [0.1, 0.15) is 0 Å². The summed E-state index contributed by atoms with van der Waals surface area (Å²) < 4.78 is 0. The van der Waals surface area contributed by atoms with Crippen molar-refractivity contribution in [2.45, 2.75) is 43.9 Å². The smallest absolute Gasteiger partial charge is 0.236 e. The van der Waals surface area contributed by atoms with E-state index in [2.05, 4.69) is 15.9 Å². The number of nitrogens with zero attached hydrogens (tertiary/aromatic N) is 1. The summed E-state index contributed by atoms with van der Waals surface area (Å²) in [7, 11) is 0. The summed E-state index contributed by atoms with van der Waals surface area (Å²) in [5, 5.41) is 0. The van der Waals surface area contributed by atoms with Crippen molar-refractivity contribution in [3.05, 3.63) is 0 Å². The second kappa shape index (κ2) is 5.63. The fraction of sp³-hybridized carbons (Fsp3) is 0.900. The lowest BCUT2D eigenvalue weighted by Crippen LogP contribution is -2.37. The highest BCUT2D eigenvalue weighted by atomic mass is 79.9. The third kappa shape index (κ3) is 3.29. The van der Waals surface area contributed by atoms with Gasteiger partial charge < -0.3 is 4.90 Å². The van der Waals surface area contributed by atoms with Gasteiger partial charge in [-0.3, -0.25) is 4.79 Å². The van der Waals surface area contributed by atoms with Crippen molar-refractivity contribution in [2.24, 2.45) is 0 Å². The van der Waals surface area contributed by atoms with Gasteiger partial charge in [-0.1, -0.05) is 35.7 Å². The first-order chi connectivity index (χ1) is 6.25. The van der Waals surface area contributed by atoms with Crippen LogP contribution in [0.1, 0.15) is 39.0 Å². The molecule has 0 spiro atoms. The molecule has 13 heavy (non-hydrogen) atoms. The maximum Gasteiger partial charge on any atom is 0.236 e. The van der Waals surface area contributed by atoms with Crippen LogP contribution < -0.4 is 0 Å². The Balaban J connectivity index is 2.43. The molecule has 1 aliphatic rings. The number of hydrogen-bond donors (Lipinski definition) is 0. The molecule has 0 radical (unpaired) electrons. The van der Waals surface area contributed by atoms with E-state index in [4.69, 9.17) is 0 Å². The van der Waals surface area contributed by atoms with Gasteiger partial charge in [-0.2, -0.15) is 0 Å². The van der Waals surface area contributed by atoms with Gasteiger partial charge in [0.25, 0.3) is 0 Å². The number of carbonyl (C=O) groups excluding carboxylic acids is 1. The highest BCUT2D eigenvalue weighted by Gasteiger charge is 2.20. The number of halogens is 1. The second-order valence-corrected chi connectivity index (χ2v) is 4.72. The molecule has 2 nitrogen and oxygen atoms in total. The minimum Gasteiger partial charge on any atom is -0.342 e. The molecule has 1 atom stereocenters. The number of likely N-dealkylation sites (tertiary alicyclic amines) is 1. The van der Waals surface area contributed by atoms with Crippen LogP contribution in [0.5, 0.6) is 0 Å². The molecule has 0 N–H and O–H groups in total. The average molecular weight is 248 g/mol. The molecule has 1 heterocycles. The molecule has 1 rings (SSSR count). The molecule has 0 bridgehead atoms. The Labute approximate surface area is 88.8 Å². The Hall–Kier alpha value is -0.0500. The average Bonchev–Trinajstić information content (AvgIpc) is 2.43.